The molecule has 2 rings (SSSR count). The van der Waals surface area contributed by atoms with Gasteiger partial charge in [-0.25, -0.2) is 0 Å². The van der Waals surface area contributed by atoms with Crippen LogP contribution in [0.2, 0.25) is 0 Å². The maximum absolute atomic E-state index is 12.2. The van der Waals surface area contributed by atoms with E-state index in [4.69, 9.17) is 4.74 Å². The van der Waals surface area contributed by atoms with Crippen molar-refractivity contribution in [2.45, 2.75) is 19.8 Å². The van der Waals surface area contributed by atoms with Crippen LogP contribution in [-0.4, -0.2) is 13.7 Å². The summed E-state index contributed by atoms with van der Waals surface area (Å²) in [6.45, 7) is -1.70. The predicted molar refractivity (Wildman–Crippen MR) is 77.6 cm³/mol. The highest BCUT2D eigenvalue weighted by molar-refractivity contribution is 5.49. The molecule has 0 radical (unpaired) electrons. The number of hydrogen-bond donors (Lipinski definition) is 1. The quantitative estimate of drug-likeness (QED) is 0.835. The molecular weight excluding hydrogens is 276 g/mol. The molecule has 112 valence electrons. The summed E-state index contributed by atoms with van der Waals surface area (Å²) < 4.78 is 33.9. The molecular formula is C16H17F2NO2. The molecule has 0 aliphatic heterocycles. The van der Waals surface area contributed by atoms with E-state index in [-0.39, 0.29) is 5.75 Å². The zero-order chi connectivity index (χ0) is 15.1. The van der Waals surface area contributed by atoms with Crippen LogP contribution in [0.3, 0.4) is 0 Å². The van der Waals surface area contributed by atoms with Gasteiger partial charge in [-0.2, -0.15) is 8.78 Å². The second-order valence-electron chi connectivity index (χ2n) is 4.46. The Morgan fingerprint density at radius 1 is 1.05 bits per heavy atom. The molecule has 0 saturated heterocycles. The predicted octanol–water partition coefficient (Wildman–Crippen LogP) is 4.05. The van der Waals surface area contributed by atoms with Crippen molar-refractivity contribution in [1.82, 2.24) is 0 Å². The van der Waals surface area contributed by atoms with Gasteiger partial charge < -0.3 is 14.8 Å². The maximum atomic E-state index is 12.2. The largest absolute Gasteiger partial charge is 0.435 e. The average molecular weight is 293 g/mol. The van der Waals surface area contributed by atoms with E-state index in [9.17, 15) is 8.78 Å². The van der Waals surface area contributed by atoms with E-state index in [0.717, 1.165) is 16.8 Å². The first-order valence-corrected chi connectivity index (χ1v) is 6.53. The van der Waals surface area contributed by atoms with Gasteiger partial charge in [0.1, 0.15) is 5.75 Å². The van der Waals surface area contributed by atoms with E-state index >= 15 is 0 Å². The number of nitrogens with one attached hydrogen (secondary N) is 1. The van der Waals surface area contributed by atoms with E-state index in [0.29, 0.717) is 13.2 Å². The standard InChI is InChI=1S/C16H17F2NO2/c1-20-11-13-6-3-2-5-12(13)10-19-14-7-4-8-15(9-14)21-16(17)18/h2-9,16,19H,10-11H2,1H3. The van der Waals surface area contributed by atoms with Crippen LogP contribution in [0.5, 0.6) is 5.75 Å². The topological polar surface area (TPSA) is 30.5 Å². The van der Waals surface area contributed by atoms with Crippen molar-refractivity contribution in [3.05, 3.63) is 59.7 Å². The summed E-state index contributed by atoms with van der Waals surface area (Å²) in [5.74, 6) is 0.139. The SMILES string of the molecule is COCc1ccccc1CNc1cccc(OC(F)F)c1. The first-order chi connectivity index (χ1) is 10.2. The molecule has 2 aromatic rings. The lowest BCUT2D eigenvalue weighted by Gasteiger charge is -2.12. The van der Waals surface area contributed by atoms with Crippen molar-refractivity contribution in [1.29, 1.82) is 0 Å². The lowest BCUT2D eigenvalue weighted by atomic mass is 10.1. The Hall–Kier alpha value is -2.14. The molecule has 0 unspecified atom stereocenters. The molecule has 0 spiro atoms. The number of anilines is 1. The molecule has 0 bridgehead atoms. The van der Waals surface area contributed by atoms with Gasteiger partial charge in [-0.15, -0.1) is 0 Å². The fourth-order valence-corrected chi connectivity index (χ4v) is 2.01. The van der Waals surface area contributed by atoms with E-state index in [1.165, 1.54) is 6.07 Å². The molecule has 0 amide bonds. The number of methoxy groups -OCH3 is 1. The number of rotatable bonds is 7. The summed E-state index contributed by atoms with van der Waals surface area (Å²) in [5.41, 5.74) is 2.91. The van der Waals surface area contributed by atoms with Crippen molar-refractivity contribution in [3.8, 4) is 5.75 Å². The van der Waals surface area contributed by atoms with Gasteiger partial charge in [-0.3, -0.25) is 0 Å². The minimum atomic E-state index is -2.82. The molecule has 0 fully saturated rings. The highest BCUT2D eigenvalue weighted by atomic mass is 19.3. The summed E-state index contributed by atoms with van der Waals surface area (Å²) in [6, 6.07) is 14.4. The second-order valence-corrected chi connectivity index (χ2v) is 4.46. The van der Waals surface area contributed by atoms with E-state index in [1.54, 1.807) is 25.3 Å². The van der Waals surface area contributed by atoms with Gasteiger partial charge in [0, 0.05) is 25.4 Å². The van der Waals surface area contributed by atoms with E-state index in [1.807, 2.05) is 24.3 Å². The number of ether oxygens (including phenoxy) is 2. The minimum absolute atomic E-state index is 0.139. The first kappa shape index (κ1) is 15.3. The normalized spacial score (nSPS) is 10.7. The Kier molecular flexibility index (Phi) is 5.51. The van der Waals surface area contributed by atoms with Crippen LogP contribution in [0, 0.1) is 0 Å². The Morgan fingerprint density at radius 3 is 2.52 bits per heavy atom. The summed E-state index contributed by atoms with van der Waals surface area (Å²) >= 11 is 0. The molecule has 0 atom stereocenters. The molecule has 0 aliphatic rings. The molecule has 0 heterocycles. The van der Waals surface area contributed by atoms with Gasteiger partial charge in [0.05, 0.1) is 6.61 Å². The Bertz CT molecular complexity index is 576. The first-order valence-electron chi connectivity index (χ1n) is 6.53. The number of hydrogen-bond acceptors (Lipinski definition) is 3. The van der Waals surface area contributed by atoms with Crippen LogP contribution in [-0.2, 0) is 17.9 Å². The fraction of sp³-hybridized carbons (Fsp3) is 0.250. The summed E-state index contributed by atoms with van der Waals surface area (Å²) in [4.78, 5) is 0. The van der Waals surface area contributed by atoms with Crippen LogP contribution in [0.1, 0.15) is 11.1 Å². The third-order valence-corrected chi connectivity index (χ3v) is 2.96. The second kappa shape index (κ2) is 7.59. The summed E-state index contributed by atoms with van der Waals surface area (Å²) in [5, 5.41) is 3.19. The van der Waals surface area contributed by atoms with Crippen LogP contribution < -0.4 is 10.1 Å². The average Bonchev–Trinajstić information content (AvgIpc) is 2.46. The minimum Gasteiger partial charge on any atom is -0.435 e. The van der Waals surface area contributed by atoms with Crippen LogP contribution >= 0.6 is 0 Å². The molecule has 1 N–H and O–H groups in total. The van der Waals surface area contributed by atoms with Gasteiger partial charge in [-0.05, 0) is 23.3 Å². The van der Waals surface area contributed by atoms with Crippen LogP contribution in [0.15, 0.2) is 48.5 Å². The Morgan fingerprint density at radius 2 is 1.81 bits per heavy atom. The van der Waals surface area contributed by atoms with Gasteiger partial charge in [0.15, 0.2) is 0 Å². The van der Waals surface area contributed by atoms with Gasteiger partial charge in [-0.1, -0.05) is 30.3 Å². The summed E-state index contributed by atoms with van der Waals surface area (Å²) in [6.07, 6.45) is 0. The molecule has 0 saturated carbocycles. The van der Waals surface area contributed by atoms with E-state index < -0.39 is 6.61 Å². The molecule has 5 heteroatoms. The van der Waals surface area contributed by atoms with Gasteiger partial charge in [0.2, 0.25) is 0 Å². The van der Waals surface area contributed by atoms with Crippen LogP contribution in [0.25, 0.3) is 0 Å². The monoisotopic (exact) mass is 293 g/mol. The fourth-order valence-electron chi connectivity index (χ4n) is 2.01. The van der Waals surface area contributed by atoms with Gasteiger partial charge in [0.25, 0.3) is 0 Å². The number of benzene rings is 2. The van der Waals surface area contributed by atoms with E-state index in [2.05, 4.69) is 10.1 Å². The number of alkyl halides is 2. The maximum Gasteiger partial charge on any atom is 0.387 e. The number of halogens is 2. The van der Waals surface area contributed by atoms with Crippen molar-refractivity contribution in [2.24, 2.45) is 0 Å². The molecule has 21 heavy (non-hydrogen) atoms. The zero-order valence-electron chi connectivity index (χ0n) is 11.7. The van der Waals surface area contributed by atoms with Crippen molar-refractivity contribution >= 4 is 5.69 Å². The van der Waals surface area contributed by atoms with Crippen molar-refractivity contribution < 1.29 is 18.3 Å². The van der Waals surface area contributed by atoms with Gasteiger partial charge >= 0.3 is 6.61 Å². The third-order valence-electron chi connectivity index (χ3n) is 2.96. The van der Waals surface area contributed by atoms with Crippen LogP contribution in [0.4, 0.5) is 14.5 Å². The molecule has 3 nitrogen and oxygen atoms in total. The lowest BCUT2D eigenvalue weighted by Crippen LogP contribution is -2.05. The Labute approximate surface area is 122 Å². The Balaban J connectivity index is 2.03. The highest BCUT2D eigenvalue weighted by Gasteiger charge is 2.05. The van der Waals surface area contributed by atoms with Crippen molar-refractivity contribution in [3.63, 3.8) is 0 Å². The smallest absolute Gasteiger partial charge is 0.387 e. The third kappa shape index (κ3) is 4.72. The van der Waals surface area contributed by atoms with Crippen molar-refractivity contribution in [2.75, 3.05) is 12.4 Å². The highest BCUT2D eigenvalue weighted by Crippen LogP contribution is 2.20. The molecule has 2 aromatic carbocycles. The summed E-state index contributed by atoms with van der Waals surface area (Å²) in [7, 11) is 1.65. The molecule has 0 aromatic heterocycles. The zero-order valence-corrected chi connectivity index (χ0v) is 11.7. The lowest BCUT2D eigenvalue weighted by molar-refractivity contribution is -0.0498. The molecule has 0 aliphatic carbocycles.